The molecule has 0 saturated carbocycles. The number of aliphatic imine (C=N–C) groups is 1. The largest absolute Gasteiger partial charge is 0.369 e. The Bertz CT molecular complexity index is 517. The van der Waals surface area contributed by atoms with Crippen molar-refractivity contribution in [2.75, 3.05) is 32.7 Å². The van der Waals surface area contributed by atoms with Gasteiger partial charge in [0.2, 0.25) is 5.91 Å². The van der Waals surface area contributed by atoms with Crippen LogP contribution in [0.1, 0.15) is 31.7 Å². The number of carbonyl (C=O) groups excluding carboxylic acids is 1. The first-order chi connectivity index (χ1) is 11.7. The molecule has 1 aromatic rings. The highest BCUT2D eigenvalue weighted by atomic mass is 32.1. The average Bonchev–Trinajstić information content (AvgIpc) is 3.10. The van der Waals surface area contributed by atoms with Crippen molar-refractivity contribution in [2.24, 2.45) is 16.6 Å². The molecule has 0 bridgehead atoms. The van der Waals surface area contributed by atoms with Crippen LogP contribution in [0.2, 0.25) is 0 Å². The predicted molar refractivity (Wildman–Crippen MR) is 100 cm³/mol. The predicted octanol–water partition coefficient (Wildman–Crippen LogP) is 1.39. The molecule has 1 aliphatic rings. The van der Waals surface area contributed by atoms with E-state index in [4.69, 9.17) is 5.73 Å². The van der Waals surface area contributed by atoms with Gasteiger partial charge in [0.15, 0.2) is 5.96 Å². The molecule has 0 spiro atoms. The molecule has 2 rings (SSSR count). The molecule has 1 atom stereocenters. The zero-order chi connectivity index (χ0) is 17.2. The minimum atomic E-state index is -0.159. The highest BCUT2D eigenvalue weighted by Crippen LogP contribution is 2.15. The third-order valence-corrected chi connectivity index (χ3v) is 4.93. The Morgan fingerprint density at radius 1 is 1.50 bits per heavy atom. The number of nitrogens with zero attached hydrogens (tertiary/aromatic N) is 2. The van der Waals surface area contributed by atoms with E-state index in [0.29, 0.717) is 6.54 Å². The summed E-state index contributed by atoms with van der Waals surface area (Å²) in [7, 11) is 0. The third kappa shape index (κ3) is 6.49. The summed E-state index contributed by atoms with van der Waals surface area (Å²) in [6, 6.07) is 2.10. The normalized spacial score (nSPS) is 19.2. The summed E-state index contributed by atoms with van der Waals surface area (Å²) in [6.45, 7) is 7.35. The number of rotatable bonds is 8. The highest BCUT2D eigenvalue weighted by Gasteiger charge is 2.23. The third-order valence-electron chi connectivity index (χ3n) is 4.20. The Kier molecular flexibility index (Phi) is 8.04. The monoisotopic (exact) mass is 351 g/mol. The van der Waals surface area contributed by atoms with E-state index in [-0.39, 0.29) is 11.8 Å². The Hall–Kier alpha value is -1.60. The van der Waals surface area contributed by atoms with Crippen molar-refractivity contribution in [3.8, 4) is 0 Å². The fourth-order valence-electron chi connectivity index (χ4n) is 2.90. The van der Waals surface area contributed by atoms with E-state index in [2.05, 4.69) is 44.3 Å². The van der Waals surface area contributed by atoms with Gasteiger partial charge in [0.05, 0.1) is 12.5 Å². The summed E-state index contributed by atoms with van der Waals surface area (Å²) >= 11 is 1.70. The lowest BCUT2D eigenvalue weighted by Crippen LogP contribution is -2.43. The van der Waals surface area contributed by atoms with Crippen molar-refractivity contribution >= 4 is 23.2 Å². The molecule has 1 aliphatic heterocycles. The smallest absolute Gasteiger partial charge is 0.221 e. The fourth-order valence-corrected chi connectivity index (χ4v) is 3.55. The van der Waals surface area contributed by atoms with Crippen LogP contribution >= 0.6 is 11.3 Å². The molecule has 134 valence electrons. The van der Waals surface area contributed by atoms with Crippen LogP contribution in [0.5, 0.6) is 0 Å². The summed E-state index contributed by atoms with van der Waals surface area (Å²) in [5, 5.41) is 10.8. The van der Waals surface area contributed by atoms with Crippen LogP contribution in [0.3, 0.4) is 0 Å². The number of hydrogen-bond donors (Lipinski definition) is 3. The SMILES string of the molecule is CCNC(=NCc1ccsc1)NCCCN1CCCC(C(N)=O)C1. The Balaban J connectivity index is 1.68. The molecule has 1 amide bonds. The van der Waals surface area contributed by atoms with Gasteiger partial charge in [-0.3, -0.25) is 4.79 Å². The van der Waals surface area contributed by atoms with Gasteiger partial charge in [-0.25, -0.2) is 4.99 Å². The molecule has 4 N–H and O–H groups in total. The van der Waals surface area contributed by atoms with E-state index in [1.165, 1.54) is 5.56 Å². The Morgan fingerprint density at radius 2 is 2.38 bits per heavy atom. The molecule has 1 aromatic heterocycles. The number of guanidine groups is 1. The first-order valence-corrected chi connectivity index (χ1v) is 9.68. The first-order valence-electron chi connectivity index (χ1n) is 8.74. The summed E-state index contributed by atoms with van der Waals surface area (Å²) in [5.41, 5.74) is 6.67. The van der Waals surface area contributed by atoms with Crippen LogP contribution in [-0.2, 0) is 11.3 Å². The van der Waals surface area contributed by atoms with E-state index in [1.807, 2.05) is 0 Å². The van der Waals surface area contributed by atoms with Gasteiger partial charge >= 0.3 is 0 Å². The maximum atomic E-state index is 11.3. The van der Waals surface area contributed by atoms with Crippen LogP contribution in [0, 0.1) is 5.92 Å². The van der Waals surface area contributed by atoms with Crippen LogP contribution in [-0.4, -0.2) is 49.5 Å². The number of thiophene rings is 1. The minimum absolute atomic E-state index is 0.0243. The van der Waals surface area contributed by atoms with Crippen LogP contribution in [0.4, 0.5) is 0 Å². The van der Waals surface area contributed by atoms with Crippen molar-refractivity contribution in [3.05, 3.63) is 22.4 Å². The quantitative estimate of drug-likeness (QED) is 0.375. The summed E-state index contributed by atoms with van der Waals surface area (Å²) in [6.07, 6.45) is 3.02. The molecule has 0 aliphatic carbocycles. The van der Waals surface area contributed by atoms with Crippen molar-refractivity contribution < 1.29 is 4.79 Å². The van der Waals surface area contributed by atoms with Gasteiger partial charge in [0, 0.05) is 19.6 Å². The van der Waals surface area contributed by atoms with Crippen LogP contribution < -0.4 is 16.4 Å². The number of amides is 1. The molecular weight excluding hydrogens is 322 g/mol. The lowest BCUT2D eigenvalue weighted by atomic mass is 9.97. The lowest BCUT2D eigenvalue weighted by Gasteiger charge is -2.31. The number of primary amides is 1. The fraction of sp³-hybridized carbons (Fsp3) is 0.647. The van der Waals surface area contributed by atoms with Crippen LogP contribution in [0.15, 0.2) is 21.8 Å². The topological polar surface area (TPSA) is 82.8 Å². The van der Waals surface area contributed by atoms with E-state index in [1.54, 1.807) is 11.3 Å². The molecular formula is C17H29N5OS. The van der Waals surface area contributed by atoms with E-state index in [0.717, 1.165) is 57.9 Å². The van der Waals surface area contributed by atoms with Gasteiger partial charge < -0.3 is 21.3 Å². The second-order valence-corrected chi connectivity index (χ2v) is 6.93. The summed E-state index contributed by atoms with van der Waals surface area (Å²) in [5.74, 6) is 0.723. The van der Waals surface area contributed by atoms with Gasteiger partial charge in [0.1, 0.15) is 0 Å². The lowest BCUT2D eigenvalue weighted by molar-refractivity contribution is -0.123. The average molecular weight is 352 g/mol. The summed E-state index contributed by atoms with van der Waals surface area (Å²) < 4.78 is 0. The van der Waals surface area contributed by atoms with Crippen LogP contribution in [0.25, 0.3) is 0 Å². The van der Waals surface area contributed by atoms with Gasteiger partial charge in [-0.2, -0.15) is 11.3 Å². The van der Waals surface area contributed by atoms with Gasteiger partial charge in [-0.15, -0.1) is 0 Å². The molecule has 1 fully saturated rings. The molecule has 1 unspecified atom stereocenters. The molecule has 2 heterocycles. The van der Waals surface area contributed by atoms with E-state index >= 15 is 0 Å². The van der Waals surface area contributed by atoms with Crippen molar-refractivity contribution in [1.29, 1.82) is 0 Å². The van der Waals surface area contributed by atoms with Gasteiger partial charge in [0.25, 0.3) is 0 Å². The number of nitrogens with one attached hydrogen (secondary N) is 2. The molecule has 7 heteroatoms. The molecule has 24 heavy (non-hydrogen) atoms. The number of hydrogen-bond acceptors (Lipinski definition) is 4. The number of piperidine rings is 1. The maximum absolute atomic E-state index is 11.3. The highest BCUT2D eigenvalue weighted by molar-refractivity contribution is 7.07. The second kappa shape index (κ2) is 10.3. The van der Waals surface area contributed by atoms with E-state index in [9.17, 15) is 4.79 Å². The summed E-state index contributed by atoms with van der Waals surface area (Å²) in [4.78, 5) is 18.3. The number of carbonyl (C=O) groups is 1. The van der Waals surface area contributed by atoms with Crippen molar-refractivity contribution in [1.82, 2.24) is 15.5 Å². The Labute approximate surface area is 148 Å². The molecule has 1 saturated heterocycles. The first kappa shape index (κ1) is 18.7. The maximum Gasteiger partial charge on any atom is 0.221 e. The van der Waals surface area contributed by atoms with Crippen molar-refractivity contribution in [2.45, 2.75) is 32.7 Å². The van der Waals surface area contributed by atoms with Crippen molar-refractivity contribution in [3.63, 3.8) is 0 Å². The standard InChI is InChI=1S/C17H29N5OS/c1-2-19-17(21-11-14-6-10-24-13-14)20-7-4-9-22-8-3-5-15(12-22)16(18)23/h6,10,13,15H,2-5,7-9,11-12H2,1H3,(H2,18,23)(H2,19,20,21). The molecule has 0 aromatic carbocycles. The second-order valence-electron chi connectivity index (χ2n) is 6.15. The Morgan fingerprint density at radius 3 is 3.08 bits per heavy atom. The zero-order valence-electron chi connectivity index (χ0n) is 14.5. The number of likely N-dealkylation sites (tertiary alicyclic amines) is 1. The zero-order valence-corrected chi connectivity index (χ0v) is 15.3. The molecule has 0 radical (unpaired) electrons. The number of nitrogens with two attached hydrogens (primary N) is 1. The van der Waals surface area contributed by atoms with Gasteiger partial charge in [-0.1, -0.05) is 0 Å². The van der Waals surface area contributed by atoms with Gasteiger partial charge in [-0.05, 0) is 61.7 Å². The van der Waals surface area contributed by atoms with E-state index < -0.39 is 0 Å². The molecule has 6 nitrogen and oxygen atoms in total. The minimum Gasteiger partial charge on any atom is -0.369 e.